The minimum absolute atomic E-state index is 0.00255. The average molecular weight is 341 g/mol. The van der Waals surface area contributed by atoms with E-state index >= 15 is 0 Å². The normalized spacial score (nSPS) is 24.1. The maximum absolute atomic E-state index is 13.0. The summed E-state index contributed by atoms with van der Waals surface area (Å²) < 4.78 is 39.1. The summed E-state index contributed by atoms with van der Waals surface area (Å²) in [6.07, 6.45) is -3.04. The number of carbonyl (C=O) groups is 2. The molecule has 3 aliphatic rings. The highest BCUT2D eigenvalue weighted by Crippen LogP contribution is 2.35. The summed E-state index contributed by atoms with van der Waals surface area (Å²) >= 11 is 0. The second-order valence-electron chi connectivity index (χ2n) is 6.26. The van der Waals surface area contributed by atoms with Crippen molar-refractivity contribution in [2.24, 2.45) is 5.92 Å². The molecule has 2 bridgehead atoms. The van der Waals surface area contributed by atoms with E-state index in [2.05, 4.69) is 5.32 Å². The molecule has 4 rings (SSSR count). The molecule has 5 nitrogen and oxygen atoms in total. The summed E-state index contributed by atoms with van der Waals surface area (Å²) in [4.78, 5) is 27.7. The van der Waals surface area contributed by atoms with Crippen molar-refractivity contribution in [3.05, 3.63) is 29.8 Å². The average Bonchev–Trinajstić information content (AvgIpc) is 2.81. The van der Waals surface area contributed by atoms with Gasteiger partial charge in [0.2, 0.25) is 5.91 Å². The van der Waals surface area contributed by atoms with E-state index in [4.69, 9.17) is 0 Å². The van der Waals surface area contributed by atoms with Crippen LogP contribution in [0, 0.1) is 5.92 Å². The first-order valence-electron chi connectivity index (χ1n) is 7.76. The number of hydrogen-bond acceptors (Lipinski definition) is 2. The minimum atomic E-state index is -4.54. The highest BCUT2D eigenvalue weighted by atomic mass is 19.4. The number of fused-ring (bicyclic) bond motifs is 4. The zero-order valence-corrected chi connectivity index (χ0v) is 13.1. The molecule has 0 aromatic heterocycles. The molecule has 0 spiro atoms. The molecule has 3 aliphatic heterocycles. The quantitative estimate of drug-likeness (QED) is 0.854. The second kappa shape index (κ2) is 5.99. The summed E-state index contributed by atoms with van der Waals surface area (Å²) in [5.41, 5.74) is -1.16. The molecule has 0 unspecified atom stereocenters. The minimum Gasteiger partial charge on any atom is -0.341 e. The first-order chi connectivity index (χ1) is 11.3. The van der Waals surface area contributed by atoms with Crippen molar-refractivity contribution in [2.45, 2.75) is 25.1 Å². The number of halogens is 3. The van der Waals surface area contributed by atoms with Crippen LogP contribution in [0.2, 0.25) is 0 Å². The van der Waals surface area contributed by atoms with Gasteiger partial charge in [-0.25, -0.2) is 4.79 Å². The van der Waals surface area contributed by atoms with Gasteiger partial charge in [0.15, 0.2) is 0 Å². The number of nitrogens with zero attached hydrogens (tertiary/aromatic N) is 2. The smallest absolute Gasteiger partial charge is 0.341 e. The molecule has 3 amide bonds. The Balaban J connectivity index is 1.78. The molecule has 8 heteroatoms. The van der Waals surface area contributed by atoms with Crippen molar-refractivity contribution < 1.29 is 22.8 Å². The van der Waals surface area contributed by atoms with Gasteiger partial charge in [0.1, 0.15) is 0 Å². The predicted octanol–water partition coefficient (Wildman–Crippen LogP) is 2.79. The molecule has 1 aromatic rings. The number of alkyl halides is 3. The molecule has 0 saturated carbocycles. The fraction of sp³-hybridized carbons (Fsp3) is 0.500. The van der Waals surface area contributed by atoms with Crippen molar-refractivity contribution in [2.75, 3.05) is 25.5 Å². The molecule has 24 heavy (non-hydrogen) atoms. The zero-order chi connectivity index (χ0) is 17.5. The third-order valence-electron chi connectivity index (χ3n) is 4.73. The van der Waals surface area contributed by atoms with E-state index < -0.39 is 17.8 Å². The van der Waals surface area contributed by atoms with Gasteiger partial charge in [-0.2, -0.15) is 13.2 Å². The van der Waals surface area contributed by atoms with Gasteiger partial charge in [-0.1, -0.05) is 12.1 Å². The van der Waals surface area contributed by atoms with Crippen LogP contribution in [0.3, 0.4) is 0 Å². The fourth-order valence-corrected chi connectivity index (χ4v) is 3.36. The van der Waals surface area contributed by atoms with Crippen LogP contribution in [0.1, 0.15) is 18.4 Å². The molecule has 3 saturated heterocycles. The van der Waals surface area contributed by atoms with E-state index in [1.54, 1.807) is 11.9 Å². The van der Waals surface area contributed by atoms with Crippen LogP contribution >= 0.6 is 0 Å². The number of piperidine rings is 1. The maximum Gasteiger partial charge on any atom is 0.418 e. The Morgan fingerprint density at radius 1 is 1.21 bits per heavy atom. The highest BCUT2D eigenvalue weighted by molar-refractivity contribution is 5.91. The number of carbonyl (C=O) groups excluding carboxylic acids is 2. The number of benzene rings is 1. The number of urea groups is 1. The lowest BCUT2D eigenvalue weighted by Gasteiger charge is -2.32. The zero-order valence-electron chi connectivity index (χ0n) is 13.1. The van der Waals surface area contributed by atoms with Gasteiger partial charge in [0, 0.05) is 26.2 Å². The summed E-state index contributed by atoms with van der Waals surface area (Å²) in [5, 5.41) is 2.35. The third-order valence-corrected chi connectivity index (χ3v) is 4.73. The second-order valence-corrected chi connectivity index (χ2v) is 6.26. The number of para-hydroxylation sites is 1. The molecule has 1 aromatic carbocycles. The molecule has 0 radical (unpaired) electrons. The van der Waals surface area contributed by atoms with E-state index in [1.165, 1.54) is 23.1 Å². The Labute approximate surface area is 137 Å². The standard InChI is InChI=1S/C16H18F3N3O2/c1-21-11-7-6-10(14(21)23)8-22(9-11)15(24)20-13-5-3-2-4-12(13)16(17,18)19/h2-5,10-11H,6-9H2,1H3,(H,20,24)/t10-,11+/m1/s1. The lowest BCUT2D eigenvalue weighted by Crippen LogP contribution is -2.45. The third kappa shape index (κ3) is 3.05. The van der Waals surface area contributed by atoms with Gasteiger partial charge < -0.3 is 15.1 Å². The number of hydrogen-bond donors (Lipinski definition) is 1. The molecular formula is C16H18F3N3O2. The van der Waals surface area contributed by atoms with Gasteiger partial charge in [-0.3, -0.25) is 4.79 Å². The number of amides is 3. The number of likely N-dealkylation sites (N-methyl/N-ethyl adjacent to an activating group) is 1. The summed E-state index contributed by atoms with van der Waals surface area (Å²) in [6.45, 7) is 0.568. The van der Waals surface area contributed by atoms with Crippen LogP contribution in [-0.4, -0.2) is 47.9 Å². The Morgan fingerprint density at radius 3 is 2.62 bits per heavy atom. The Morgan fingerprint density at radius 2 is 1.92 bits per heavy atom. The van der Waals surface area contributed by atoms with Crippen LogP contribution in [0.4, 0.5) is 23.7 Å². The summed E-state index contributed by atoms with van der Waals surface area (Å²) in [7, 11) is 1.71. The predicted molar refractivity (Wildman–Crippen MR) is 81.3 cm³/mol. The van der Waals surface area contributed by atoms with Crippen molar-refractivity contribution in [1.82, 2.24) is 9.80 Å². The molecule has 130 valence electrons. The number of nitrogens with one attached hydrogen (secondary N) is 1. The van der Waals surface area contributed by atoms with Crippen LogP contribution < -0.4 is 5.32 Å². The summed E-state index contributed by atoms with van der Waals surface area (Å²) in [5.74, 6) is -0.283. The molecular weight excluding hydrogens is 323 g/mol. The highest BCUT2D eigenvalue weighted by Gasteiger charge is 2.40. The van der Waals surface area contributed by atoms with Crippen LogP contribution in [0.15, 0.2) is 24.3 Å². The Hall–Kier alpha value is -2.25. The van der Waals surface area contributed by atoms with Gasteiger partial charge >= 0.3 is 12.2 Å². The van der Waals surface area contributed by atoms with E-state index in [1.807, 2.05) is 0 Å². The molecule has 1 N–H and O–H groups in total. The van der Waals surface area contributed by atoms with Crippen LogP contribution in [-0.2, 0) is 11.0 Å². The topological polar surface area (TPSA) is 52.7 Å². The molecule has 0 aliphatic carbocycles. The first-order valence-corrected chi connectivity index (χ1v) is 7.76. The lowest BCUT2D eigenvalue weighted by atomic mass is 9.95. The van der Waals surface area contributed by atoms with Crippen molar-refractivity contribution in [3.63, 3.8) is 0 Å². The van der Waals surface area contributed by atoms with Crippen LogP contribution in [0.5, 0.6) is 0 Å². The largest absolute Gasteiger partial charge is 0.418 e. The fourth-order valence-electron chi connectivity index (χ4n) is 3.36. The van der Waals surface area contributed by atoms with Crippen molar-refractivity contribution in [3.8, 4) is 0 Å². The van der Waals surface area contributed by atoms with E-state index in [0.29, 0.717) is 13.0 Å². The summed E-state index contributed by atoms with van der Waals surface area (Å²) in [6, 6.07) is 4.18. The molecule has 3 fully saturated rings. The van der Waals surface area contributed by atoms with Gasteiger partial charge in [-0.05, 0) is 25.0 Å². The lowest BCUT2D eigenvalue weighted by molar-refractivity contribution is -0.138. The van der Waals surface area contributed by atoms with E-state index in [-0.39, 0.29) is 30.1 Å². The SMILES string of the molecule is CN1C(=O)[C@@H]2CC[C@H]1CN(C(=O)Nc1ccccc1C(F)(F)F)C2. The Bertz CT molecular complexity index is 662. The first kappa shape index (κ1) is 16.6. The van der Waals surface area contributed by atoms with Crippen molar-refractivity contribution >= 4 is 17.6 Å². The Kier molecular flexibility index (Phi) is 4.15. The van der Waals surface area contributed by atoms with Crippen molar-refractivity contribution in [1.29, 1.82) is 0 Å². The maximum atomic E-state index is 13.0. The number of rotatable bonds is 1. The molecule has 2 atom stereocenters. The van der Waals surface area contributed by atoms with E-state index in [0.717, 1.165) is 12.5 Å². The van der Waals surface area contributed by atoms with Gasteiger partial charge in [-0.15, -0.1) is 0 Å². The van der Waals surface area contributed by atoms with Gasteiger partial charge in [0.25, 0.3) is 0 Å². The van der Waals surface area contributed by atoms with Crippen LogP contribution in [0.25, 0.3) is 0 Å². The number of anilines is 1. The molecule has 3 heterocycles. The monoisotopic (exact) mass is 341 g/mol. The van der Waals surface area contributed by atoms with E-state index in [9.17, 15) is 22.8 Å². The van der Waals surface area contributed by atoms with Gasteiger partial charge in [0.05, 0.1) is 17.2 Å².